The lowest BCUT2D eigenvalue weighted by Crippen LogP contribution is -2.01. The number of rotatable bonds is 3. The average molecular weight is 171 g/mol. The summed E-state index contributed by atoms with van der Waals surface area (Å²) in [5.74, 6) is -0.306. The molecule has 0 spiro atoms. The van der Waals surface area contributed by atoms with Crippen LogP contribution in [0.5, 0.6) is 0 Å². The third kappa shape index (κ3) is 5.86. The van der Waals surface area contributed by atoms with Crippen LogP contribution in [0, 0.1) is 0 Å². The summed E-state index contributed by atoms with van der Waals surface area (Å²) in [5.41, 5.74) is 5.65. The van der Waals surface area contributed by atoms with Crippen molar-refractivity contribution in [2.45, 2.75) is 20.8 Å². The highest BCUT2D eigenvalue weighted by molar-refractivity contribution is 5.28. The van der Waals surface area contributed by atoms with E-state index in [1.165, 1.54) is 12.2 Å². The van der Waals surface area contributed by atoms with E-state index in [1.807, 2.05) is 13.8 Å². The number of halogens is 1. The molecule has 2 heteroatoms. The molecule has 0 aromatic rings. The maximum atomic E-state index is 12.7. The van der Waals surface area contributed by atoms with Crippen molar-refractivity contribution in [3.8, 4) is 0 Å². The van der Waals surface area contributed by atoms with E-state index < -0.39 is 0 Å². The van der Waals surface area contributed by atoms with E-state index in [-0.39, 0.29) is 12.4 Å². The monoisotopic (exact) mass is 171 g/mol. The molecule has 0 bridgehead atoms. The highest BCUT2D eigenvalue weighted by Crippen LogP contribution is 2.06. The predicted octanol–water partition coefficient (Wildman–Crippen LogP) is 2.96. The van der Waals surface area contributed by atoms with Crippen molar-refractivity contribution in [2.75, 3.05) is 6.54 Å². The lowest BCUT2D eigenvalue weighted by atomic mass is 10.2. The summed E-state index contributed by atoms with van der Waals surface area (Å²) in [6.45, 7) is 9.36. The van der Waals surface area contributed by atoms with Gasteiger partial charge in [-0.1, -0.05) is 32.6 Å². The third-order valence-corrected chi connectivity index (χ3v) is 1.09. The van der Waals surface area contributed by atoms with E-state index in [4.69, 9.17) is 5.73 Å². The van der Waals surface area contributed by atoms with Crippen LogP contribution >= 0.6 is 0 Å². The standard InChI is InChI=1S/C8H12FN.C2H6/c1-3-5-8(9)7(4-2)6-10;1-2/h3-5H,2,6,10H2,1H3;1-2H3/b5-3-,8-7-;. The predicted molar refractivity (Wildman–Crippen MR) is 53.5 cm³/mol. The van der Waals surface area contributed by atoms with Gasteiger partial charge < -0.3 is 5.73 Å². The van der Waals surface area contributed by atoms with Crippen LogP contribution < -0.4 is 5.73 Å². The summed E-state index contributed by atoms with van der Waals surface area (Å²) >= 11 is 0. The lowest BCUT2D eigenvalue weighted by Gasteiger charge is -1.95. The number of hydrogen-bond acceptors (Lipinski definition) is 1. The zero-order valence-electron chi connectivity index (χ0n) is 8.10. The van der Waals surface area contributed by atoms with E-state index in [2.05, 4.69) is 6.58 Å². The molecule has 12 heavy (non-hydrogen) atoms. The molecule has 1 nitrogen and oxygen atoms in total. The molecule has 0 aliphatic carbocycles. The minimum Gasteiger partial charge on any atom is -0.326 e. The summed E-state index contributed by atoms with van der Waals surface area (Å²) in [5, 5.41) is 0. The van der Waals surface area contributed by atoms with Gasteiger partial charge in [0, 0.05) is 12.1 Å². The van der Waals surface area contributed by atoms with Gasteiger partial charge in [-0.15, -0.1) is 0 Å². The van der Waals surface area contributed by atoms with E-state index in [9.17, 15) is 4.39 Å². The fourth-order valence-corrected chi connectivity index (χ4v) is 0.532. The average Bonchev–Trinajstić information content (AvgIpc) is 2.11. The molecule has 0 aliphatic heterocycles. The minimum atomic E-state index is -0.306. The number of allylic oxidation sites excluding steroid dienone is 3. The van der Waals surface area contributed by atoms with Crippen molar-refractivity contribution in [1.82, 2.24) is 0 Å². The first-order chi connectivity index (χ1) is 5.76. The molecule has 70 valence electrons. The van der Waals surface area contributed by atoms with Gasteiger partial charge >= 0.3 is 0 Å². The van der Waals surface area contributed by atoms with Crippen LogP contribution in [0.25, 0.3) is 0 Å². The van der Waals surface area contributed by atoms with Crippen molar-refractivity contribution in [2.24, 2.45) is 5.73 Å². The largest absolute Gasteiger partial charge is 0.326 e. The summed E-state index contributed by atoms with van der Waals surface area (Å²) in [6.07, 6.45) is 4.41. The summed E-state index contributed by atoms with van der Waals surface area (Å²) in [7, 11) is 0. The molecule has 0 saturated carbocycles. The van der Waals surface area contributed by atoms with Gasteiger partial charge in [0.1, 0.15) is 5.83 Å². The molecule has 0 radical (unpaired) electrons. The van der Waals surface area contributed by atoms with Crippen LogP contribution in [-0.4, -0.2) is 6.54 Å². The highest BCUT2D eigenvalue weighted by Gasteiger charge is 1.94. The zero-order chi connectivity index (χ0) is 9.98. The topological polar surface area (TPSA) is 26.0 Å². The normalized spacial score (nSPS) is 11.8. The van der Waals surface area contributed by atoms with Crippen molar-refractivity contribution >= 4 is 0 Å². The molecule has 0 aromatic heterocycles. The molecular weight excluding hydrogens is 153 g/mol. The van der Waals surface area contributed by atoms with Crippen LogP contribution in [0.3, 0.4) is 0 Å². The molecule has 0 fully saturated rings. The van der Waals surface area contributed by atoms with E-state index in [1.54, 1.807) is 13.0 Å². The molecule has 2 N–H and O–H groups in total. The lowest BCUT2D eigenvalue weighted by molar-refractivity contribution is 0.655. The molecular formula is C10H18FN. The third-order valence-electron chi connectivity index (χ3n) is 1.09. The van der Waals surface area contributed by atoms with Gasteiger partial charge in [0.25, 0.3) is 0 Å². The Morgan fingerprint density at radius 1 is 1.50 bits per heavy atom. The van der Waals surface area contributed by atoms with E-state index >= 15 is 0 Å². The summed E-state index contributed by atoms with van der Waals surface area (Å²) < 4.78 is 12.7. The Kier molecular flexibility index (Phi) is 11.5. The van der Waals surface area contributed by atoms with Gasteiger partial charge in [-0.05, 0) is 13.0 Å². The quantitative estimate of drug-likeness (QED) is 0.649. The first-order valence-electron chi connectivity index (χ1n) is 4.10. The Bertz CT molecular complexity index is 169. The molecule has 0 aromatic carbocycles. The molecule has 0 heterocycles. The van der Waals surface area contributed by atoms with Crippen LogP contribution in [-0.2, 0) is 0 Å². The van der Waals surface area contributed by atoms with Crippen LogP contribution in [0.1, 0.15) is 20.8 Å². The van der Waals surface area contributed by atoms with E-state index in [0.29, 0.717) is 5.57 Å². The van der Waals surface area contributed by atoms with Gasteiger partial charge in [-0.2, -0.15) is 0 Å². The van der Waals surface area contributed by atoms with Crippen molar-refractivity contribution in [1.29, 1.82) is 0 Å². The molecule has 0 atom stereocenters. The smallest absolute Gasteiger partial charge is 0.127 e. The zero-order valence-corrected chi connectivity index (χ0v) is 8.10. The van der Waals surface area contributed by atoms with Crippen molar-refractivity contribution in [3.63, 3.8) is 0 Å². The number of hydrogen-bond donors (Lipinski definition) is 1. The summed E-state index contributed by atoms with van der Waals surface area (Å²) in [6, 6.07) is 0. The molecule has 0 aliphatic rings. The van der Waals surface area contributed by atoms with Gasteiger partial charge in [-0.25, -0.2) is 4.39 Å². The van der Waals surface area contributed by atoms with E-state index in [0.717, 1.165) is 0 Å². The first-order valence-corrected chi connectivity index (χ1v) is 4.10. The van der Waals surface area contributed by atoms with Gasteiger partial charge in [0.05, 0.1) is 0 Å². The fourth-order valence-electron chi connectivity index (χ4n) is 0.532. The van der Waals surface area contributed by atoms with Gasteiger partial charge in [0.2, 0.25) is 0 Å². The second-order valence-electron chi connectivity index (χ2n) is 1.78. The van der Waals surface area contributed by atoms with Crippen molar-refractivity contribution in [3.05, 3.63) is 36.2 Å². The first kappa shape index (κ1) is 13.7. The van der Waals surface area contributed by atoms with Gasteiger partial charge in [0.15, 0.2) is 0 Å². The SMILES string of the molecule is C=C/C(CN)=C(F)\C=C/C.CC. The Hall–Kier alpha value is -0.890. The summed E-state index contributed by atoms with van der Waals surface area (Å²) in [4.78, 5) is 0. The Labute approximate surface area is 74.5 Å². The maximum absolute atomic E-state index is 12.7. The second-order valence-corrected chi connectivity index (χ2v) is 1.78. The van der Waals surface area contributed by atoms with Crippen molar-refractivity contribution < 1.29 is 4.39 Å². The molecule has 0 unspecified atom stereocenters. The Morgan fingerprint density at radius 3 is 2.25 bits per heavy atom. The molecule has 0 rings (SSSR count). The maximum Gasteiger partial charge on any atom is 0.127 e. The Balaban J connectivity index is 0. The van der Waals surface area contributed by atoms with Crippen LogP contribution in [0.4, 0.5) is 4.39 Å². The van der Waals surface area contributed by atoms with Gasteiger partial charge in [-0.3, -0.25) is 0 Å². The van der Waals surface area contributed by atoms with Crippen LogP contribution in [0.2, 0.25) is 0 Å². The Morgan fingerprint density at radius 2 is 2.00 bits per heavy atom. The molecule has 0 saturated heterocycles. The second kappa shape index (κ2) is 10.1. The number of nitrogens with two attached hydrogens (primary N) is 1. The highest BCUT2D eigenvalue weighted by atomic mass is 19.1. The minimum absolute atomic E-state index is 0.194. The molecule has 0 amide bonds. The van der Waals surface area contributed by atoms with Crippen LogP contribution in [0.15, 0.2) is 36.2 Å². The fraction of sp³-hybridized carbons (Fsp3) is 0.400.